The molecule has 3 N–H and O–H groups in total. The number of carbonyl (C=O) groups is 2. The zero-order valence-corrected chi connectivity index (χ0v) is 20.8. The van der Waals surface area contributed by atoms with Crippen molar-refractivity contribution in [3.8, 4) is 0 Å². The van der Waals surface area contributed by atoms with E-state index in [9.17, 15) is 19.8 Å². The van der Waals surface area contributed by atoms with Crippen LogP contribution < -0.4 is 5.32 Å². The molecule has 0 spiro atoms. The van der Waals surface area contributed by atoms with Crippen LogP contribution in [0, 0.1) is 17.8 Å². The molecule has 7 atom stereocenters. The van der Waals surface area contributed by atoms with Crippen molar-refractivity contribution in [3.63, 3.8) is 0 Å². The zero-order chi connectivity index (χ0) is 25.4. The fourth-order valence-electron chi connectivity index (χ4n) is 5.04. The molecule has 0 bridgehead atoms. The van der Waals surface area contributed by atoms with E-state index < -0.39 is 30.2 Å². The summed E-state index contributed by atoms with van der Waals surface area (Å²) in [4.78, 5) is 25.5. The number of allylic oxidation sites excluding steroid dienone is 1. The summed E-state index contributed by atoms with van der Waals surface area (Å²) in [6.07, 6.45) is 8.48. The van der Waals surface area contributed by atoms with E-state index in [1.54, 1.807) is 0 Å². The number of hydrogen-bond donors (Lipinski definition) is 3. The van der Waals surface area contributed by atoms with E-state index in [4.69, 9.17) is 4.74 Å². The Hall–Kier alpha value is -2.70. The molecule has 1 fully saturated rings. The quantitative estimate of drug-likeness (QED) is 0.440. The lowest BCUT2D eigenvalue weighted by Crippen LogP contribution is -2.38. The molecule has 2 aliphatic heterocycles. The van der Waals surface area contributed by atoms with Crippen molar-refractivity contribution < 1.29 is 24.5 Å². The van der Waals surface area contributed by atoms with Crippen molar-refractivity contribution in [2.24, 2.45) is 17.8 Å². The number of carbonyl (C=O) groups excluding carboxylic acids is 2. The summed E-state index contributed by atoms with van der Waals surface area (Å²) in [5, 5.41) is 24.1. The second kappa shape index (κ2) is 12.8. The second-order valence-electron chi connectivity index (χ2n) is 10.0. The maximum absolute atomic E-state index is 12.9. The van der Waals surface area contributed by atoms with Gasteiger partial charge in [0.15, 0.2) is 6.10 Å². The fraction of sp³-hybridized carbons (Fsp3) is 0.517. The van der Waals surface area contributed by atoms with Gasteiger partial charge < -0.3 is 20.3 Å². The summed E-state index contributed by atoms with van der Waals surface area (Å²) in [7, 11) is 0. The molecule has 2 heterocycles. The molecule has 0 aliphatic carbocycles. The van der Waals surface area contributed by atoms with Gasteiger partial charge in [-0.05, 0) is 54.7 Å². The smallest absolute Gasteiger partial charge is 0.331 e. The molecular weight excluding hydrogens is 442 g/mol. The van der Waals surface area contributed by atoms with Crippen LogP contribution in [0.25, 0.3) is 0 Å². The van der Waals surface area contributed by atoms with E-state index >= 15 is 0 Å². The lowest BCUT2D eigenvalue weighted by atomic mass is 9.77. The van der Waals surface area contributed by atoms with Gasteiger partial charge in [-0.1, -0.05) is 75.8 Å². The van der Waals surface area contributed by atoms with Gasteiger partial charge in [0.2, 0.25) is 0 Å². The highest BCUT2D eigenvalue weighted by Crippen LogP contribution is 2.35. The van der Waals surface area contributed by atoms with Gasteiger partial charge in [-0.25, -0.2) is 4.79 Å². The number of amides is 1. The van der Waals surface area contributed by atoms with Gasteiger partial charge in [0.05, 0.1) is 12.2 Å². The molecule has 190 valence electrons. The Morgan fingerprint density at radius 3 is 2.51 bits per heavy atom. The van der Waals surface area contributed by atoms with Gasteiger partial charge in [0.1, 0.15) is 0 Å². The van der Waals surface area contributed by atoms with Crippen LogP contribution in [0.4, 0.5) is 0 Å². The third-order valence-corrected chi connectivity index (χ3v) is 7.25. The minimum atomic E-state index is -1.01. The molecule has 0 radical (unpaired) electrons. The van der Waals surface area contributed by atoms with Gasteiger partial charge >= 0.3 is 5.97 Å². The Morgan fingerprint density at radius 2 is 1.77 bits per heavy atom. The molecule has 3 rings (SSSR count). The molecule has 2 aliphatic rings. The molecule has 6 nitrogen and oxygen atoms in total. The first-order valence-corrected chi connectivity index (χ1v) is 12.7. The average molecular weight is 482 g/mol. The number of hydrogen-bond acceptors (Lipinski definition) is 5. The van der Waals surface area contributed by atoms with E-state index in [2.05, 4.69) is 24.9 Å². The Kier molecular flexibility index (Phi) is 9.87. The lowest BCUT2D eigenvalue weighted by molar-refractivity contribution is -0.152. The Morgan fingerprint density at radius 1 is 1.06 bits per heavy atom. The molecule has 0 saturated carbocycles. The first-order valence-electron chi connectivity index (χ1n) is 12.7. The number of ether oxygens (including phenoxy) is 1. The van der Waals surface area contributed by atoms with Crippen molar-refractivity contribution in [2.45, 2.75) is 76.7 Å². The SMILES string of the molecule is C=C1[C@@H](C)[C@H]2[C@H](Cc3ccccc3)NC(=O)[C@@H]2OC(=O)/C=C/[C@H](O)CCC[C@@H](C)C/C=C/C[C@@H]1O. The van der Waals surface area contributed by atoms with Gasteiger partial charge in [-0.3, -0.25) is 4.79 Å². The summed E-state index contributed by atoms with van der Waals surface area (Å²) >= 11 is 0. The first kappa shape index (κ1) is 26.9. The van der Waals surface area contributed by atoms with Crippen LogP contribution in [0.15, 0.2) is 66.8 Å². The topological polar surface area (TPSA) is 95.9 Å². The van der Waals surface area contributed by atoms with Crippen molar-refractivity contribution in [1.82, 2.24) is 5.32 Å². The van der Waals surface area contributed by atoms with Crippen LogP contribution in [-0.4, -0.2) is 46.4 Å². The van der Waals surface area contributed by atoms with E-state index in [-0.39, 0.29) is 17.9 Å². The van der Waals surface area contributed by atoms with Gasteiger partial charge in [0.25, 0.3) is 5.91 Å². The van der Waals surface area contributed by atoms with E-state index in [1.165, 1.54) is 12.2 Å². The third-order valence-electron chi connectivity index (χ3n) is 7.25. The van der Waals surface area contributed by atoms with Crippen LogP contribution in [0.2, 0.25) is 0 Å². The summed E-state index contributed by atoms with van der Waals surface area (Å²) in [6.45, 7) is 8.26. The Bertz CT molecular complexity index is 924. The zero-order valence-electron chi connectivity index (χ0n) is 20.8. The van der Waals surface area contributed by atoms with E-state index in [0.29, 0.717) is 30.8 Å². The van der Waals surface area contributed by atoms with Crippen molar-refractivity contribution in [1.29, 1.82) is 0 Å². The summed E-state index contributed by atoms with van der Waals surface area (Å²) < 4.78 is 5.63. The molecule has 35 heavy (non-hydrogen) atoms. The predicted molar refractivity (Wildman–Crippen MR) is 136 cm³/mol. The number of fused-ring (bicyclic) bond motifs is 1. The lowest BCUT2D eigenvalue weighted by Gasteiger charge is -2.31. The summed E-state index contributed by atoms with van der Waals surface area (Å²) in [5.41, 5.74) is 1.68. The third kappa shape index (κ3) is 7.64. The maximum atomic E-state index is 12.9. The molecule has 6 heteroatoms. The minimum absolute atomic E-state index is 0.279. The van der Waals surface area contributed by atoms with Crippen LogP contribution in [0.5, 0.6) is 0 Å². The average Bonchev–Trinajstić information content (AvgIpc) is 3.13. The van der Waals surface area contributed by atoms with E-state index in [0.717, 1.165) is 24.8 Å². The second-order valence-corrected chi connectivity index (χ2v) is 10.0. The molecule has 1 aromatic rings. The fourth-order valence-corrected chi connectivity index (χ4v) is 5.04. The standard InChI is InChI=1S/C29H39NO5/c1-19-10-7-8-15-25(32)20(2)21(3)27-24(18-22-12-5-4-6-13-22)30-29(34)28(27)35-26(33)17-16-23(31)14-9-11-19/h4-8,12-13,16-17,19,21,23-25,27-28,31-32H,2,9-11,14-15,18H2,1,3H3,(H,30,34)/b8-7+,17-16+/t19-,21+,23+,24-,25-,27-,28+/m0/s1. The van der Waals surface area contributed by atoms with Crippen LogP contribution >= 0.6 is 0 Å². The molecule has 0 unspecified atom stereocenters. The molecular formula is C29H39NO5. The highest BCUT2D eigenvalue weighted by Gasteiger charge is 2.48. The largest absolute Gasteiger partial charge is 0.449 e. The van der Waals surface area contributed by atoms with Crippen LogP contribution in [0.3, 0.4) is 0 Å². The first-order chi connectivity index (χ1) is 16.8. The summed E-state index contributed by atoms with van der Waals surface area (Å²) in [5.74, 6) is -1.23. The maximum Gasteiger partial charge on any atom is 0.331 e. The molecule has 1 saturated heterocycles. The number of rotatable bonds is 2. The van der Waals surface area contributed by atoms with Crippen molar-refractivity contribution >= 4 is 11.9 Å². The van der Waals surface area contributed by atoms with Crippen LogP contribution in [0.1, 0.15) is 51.5 Å². The summed E-state index contributed by atoms with van der Waals surface area (Å²) in [6, 6.07) is 9.55. The van der Waals surface area contributed by atoms with Gasteiger partial charge in [-0.15, -0.1) is 0 Å². The highest BCUT2D eigenvalue weighted by atomic mass is 16.5. The minimum Gasteiger partial charge on any atom is -0.449 e. The highest BCUT2D eigenvalue weighted by molar-refractivity contribution is 5.89. The van der Waals surface area contributed by atoms with Gasteiger partial charge in [0, 0.05) is 18.0 Å². The van der Waals surface area contributed by atoms with E-state index in [1.807, 2.05) is 43.3 Å². The number of aliphatic hydroxyl groups is 2. The number of benzene rings is 1. The number of nitrogens with one attached hydrogen (secondary N) is 1. The van der Waals surface area contributed by atoms with Gasteiger partial charge in [-0.2, -0.15) is 0 Å². The Labute approximate surface area is 208 Å². The van der Waals surface area contributed by atoms with Crippen molar-refractivity contribution in [2.75, 3.05) is 0 Å². The molecule has 1 aromatic carbocycles. The molecule has 0 aromatic heterocycles. The monoisotopic (exact) mass is 481 g/mol. The number of esters is 1. The van der Waals surface area contributed by atoms with Crippen LogP contribution in [-0.2, 0) is 20.7 Å². The molecule has 1 amide bonds. The number of aliphatic hydroxyl groups excluding tert-OH is 2. The predicted octanol–water partition coefficient (Wildman–Crippen LogP) is 3.88. The Balaban J connectivity index is 1.86. The normalized spacial score (nSPS) is 35.2. The van der Waals surface area contributed by atoms with Crippen molar-refractivity contribution in [3.05, 3.63) is 72.4 Å².